The van der Waals surface area contributed by atoms with Gasteiger partial charge in [0.05, 0.1) is 19.8 Å². The van der Waals surface area contributed by atoms with Crippen molar-refractivity contribution in [3.63, 3.8) is 0 Å². The molecular formula is C20H22N2O5. The van der Waals surface area contributed by atoms with E-state index in [1.165, 1.54) is 20.3 Å². The average molecular weight is 370 g/mol. The number of esters is 2. The molecular weight excluding hydrogens is 348 g/mol. The highest BCUT2D eigenvalue weighted by Gasteiger charge is 2.28. The molecule has 0 spiro atoms. The third kappa shape index (κ3) is 4.44. The summed E-state index contributed by atoms with van der Waals surface area (Å²) in [6, 6.07) is 5.28. The van der Waals surface area contributed by atoms with Gasteiger partial charge in [-0.1, -0.05) is 13.0 Å². The van der Waals surface area contributed by atoms with Crippen LogP contribution in [0.25, 0.3) is 0 Å². The zero-order valence-electron chi connectivity index (χ0n) is 15.7. The van der Waals surface area contributed by atoms with Gasteiger partial charge in [0, 0.05) is 24.0 Å². The maximum absolute atomic E-state index is 12.4. The van der Waals surface area contributed by atoms with Crippen LogP contribution in [0.2, 0.25) is 0 Å². The second kappa shape index (κ2) is 8.84. The molecule has 2 rings (SSSR count). The Morgan fingerprint density at radius 1 is 1.07 bits per heavy atom. The third-order valence-electron chi connectivity index (χ3n) is 3.95. The number of methoxy groups -OCH3 is 2. The summed E-state index contributed by atoms with van der Waals surface area (Å²) in [5.74, 6) is -1.41. The van der Waals surface area contributed by atoms with Gasteiger partial charge in [0.2, 0.25) is 5.91 Å². The molecule has 0 saturated carbocycles. The first kappa shape index (κ1) is 20.0. The highest BCUT2D eigenvalue weighted by Crippen LogP contribution is 2.30. The maximum Gasteiger partial charge on any atom is 0.355 e. The minimum Gasteiger partial charge on any atom is -0.465 e. The van der Waals surface area contributed by atoms with Gasteiger partial charge >= 0.3 is 11.9 Å². The molecule has 27 heavy (non-hydrogen) atoms. The van der Waals surface area contributed by atoms with Gasteiger partial charge in [0.15, 0.2) is 0 Å². The number of hydrogen-bond acceptors (Lipinski definition) is 6. The van der Waals surface area contributed by atoms with E-state index in [1.54, 1.807) is 48.4 Å². The standard InChI is InChI=1S/C20H22N2O5/c1-5-17(23)21-14-9-10-16(13(2)12-14)22-11-7-6-8-15(19(24)26-3)18(22)20(25)27-4/h6-12H,5H2,1-4H3,(H,21,23). The molecule has 7 heteroatoms. The van der Waals surface area contributed by atoms with Gasteiger partial charge in [-0.3, -0.25) is 4.79 Å². The van der Waals surface area contributed by atoms with E-state index in [-0.39, 0.29) is 17.2 Å². The van der Waals surface area contributed by atoms with Crippen LogP contribution in [0.4, 0.5) is 11.4 Å². The first-order valence-corrected chi connectivity index (χ1v) is 8.38. The fraction of sp³-hybridized carbons (Fsp3) is 0.250. The molecule has 0 aliphatic carbocycles. The van der Waals surface area contributed by atoms with Crippen molar-refractivity contribution in [2.75, 3.05) is 24.4 Å². The van der Waals surface area contributed by atoms with Crippen LogP contribution in [0, 0.1) is 6.92 Å². The predicted octanol–water partition coefficient (Wildman–Crippen LogP) is 2.83. The Hall–Kier alpha value is -3.35. The van der Waals surface area contributed by atoms with Gasteiger partial charge in [-0.2, -0.15) is 0 Å². The topological polar surface area (TPSA) is 84.9 Å². The van der Waals surface area contributed by atoms with Crippen LogP contribution in [0.1, 0.15) is 18.9 Å². The molecule has 142 valence electrons. The Bertz CT molecular complexity index is 852. The Kier molecular flexibility index (Phi) is 6.54. The van der Waals surface area contributed by atoms with Gasteiger partial charge in [-0.15, -0.1) is 0 Å². The summed E-state index contributed by atoms with van der Waals surface area (Å²) in [4.78, 5) is 37.8. The SMILES string of the molecule is CCC(=O)Nc1ccc(N2C=CC=CC(C(=O)OC)=C2C(=O)OC)c(C)c1. The molecule has 1 heterocycles. The van der Waals surface area contributed by atoms with Crippen LogP contribution in [0.3, 0.4) is 0 Å². The van der Waals surface area contributed by atoms with Crippen LogP contribution >= 0.6 is 0 Å². The van der Waals surface area contributed by atoms with Crippen molar-refractivity contribution in [3.8, 4) is 0 Å². The molecule has 1 amide bonds. The molecule has 0 fully saturated rings. The number of allylic oxidation sites excluding steroid dienone is 2. The summed E-state index contributed by atoms with van der Waals surface area (Å²) >= 11 is 0. The number of nitrogens with one attached hydrogen (secondary N) is 1. The summed E-state index contributed by atoms with van der Waals surface area (Å²) in [5.41, 5.74) is 2.23. The monoisotopic (exact) mass is 370 g/mol. The van der Waals surface area contributed by atoms with Gasteiger partial charge in [-0.25, -0.2) is 9.59 Å². The number of nitrogens with zero attached hydrogens (tertiary/aromatic N) is 1. The van der Waals surface area contributed by atoms with Crippen molar-refractivity contribution in [1.29, 1.82) is 0 Å². The van der Waals surface area contributed by atoms with E-state index >= 15 is 0 Å². The Balaban J connectivity index is 2.55. The Morgan fingerprint density at radius 2 is 1.78 bits per heavy atom. The lowest BCUT2D eigenvalue weighted by Crippen LogP contribution is -2.27. The number of aryl methyl sites for hydroxylation is 1. The summed E-state index contributed by atoms with van der Waals surface area (Å²) in [5, 5.41) is 2.79. The first-order chi connectivity index (χ1) is 12.9. The van der Waals surface area contributed by atoms with Crippen LogP contribution < -0.4 is 10.2 Å². The van der Waals surface area contributed by atoms with Crippen molar-refractivity contribution >= 4 is 29.2 Å². The molecule has 0 atom stereocenters. The summed E-state index contributed by atoms with van der Waals surface area (Å²) in [7, 11) is 2.49. The summed E-state index contributed by atoms with van der Waals surface area (Å²) < 4.78 is 9.68. The number of rotatable bonds is 5. The Morgan fingerprint density at radius 3 is 2.37 bits per heavy atom. The van der Waals surface area contributed by atoms with E-state index in [2.05, 4.69) is 5.32 Å². The van der Waals surface area contributed by atoms with Crippen molar-refractivity contribution in [2.45, 2.75) is 20.3 Å². The molecule has 1 aromatic rings. The van der Waals surface area contributed by atoms with Crippen molar-refractivity contribution in [2.24, 2.45) is 0 Å². The van der Waals surface area contributed by atoms with E-state index < -0.39 is 11.9 Å². The van der Waals surface area contributed by atoms with Gasteiger partial charge in [0.1, 0.15) is 5.70 Å². The molecule has 7 nitrogen and oxygen atoms in total. The molecule has 1 aromatic carbocycles. The van der Waals surface area contributed by atoms with Gasteiger partial charge in [0.25, 0.3) is 0 Å². The highest BCUT2D eigenvalue weighted by atomic mass is 16.5. The lowest BCUT2D eigenvalue weighted by Gasteiger charge is -2.25. The normalized spacial score (nSPS) is 13.3. The molecule has 1 aliphatic heterocycles. The van der Waals surface area contributed by atoms with Crippen molar-refractivity contribution in [3.05, 3.63) is 59.5 Å². The molecule has 1 aliphatic rings. The molecule has 0 bridgehead atoms. The number of benzene rings is 1. The zero-order chi connectivity index (χ0) is 20.0. The fourth-order valence-electron chi connectivity index (χ4n) is 2.60. The largest absolute Gasteiger partial charge is 0.465 e. The van der Waals surface area contributed by atoms with Crippen molar-refractivity contribution < 1.29 is 23.9 Å². The van der Waals surface area contributed by atoms with E-state index in [0.717, 1.165) is 5.56 Å². The number of hydrogen-bond donors (Lipinski definition) is 1. The number of ether oxygens (including phenoxy) is 2. The first-order valence-electron chi connectivity index (χ1n) is 8.38. The molecule has 0 aromatic heterocycles. The maximum atomic E-state index is 12.4. The average Bonchev–Trinajstić information content (AvgIpc) is 2.89. The quantitative estimate of drug-likeness (QED) is 0.803. The van der Waals surface area contributed by atoms with Crippen molar-refractivity contribution in [1.82, 2.24) is 0 Å². The van der Waals surface area contributed by atoms with Gasteiger partial charge < -0.3 is 19.7 Å². The molecule has 0 unspecified atom stereocenters. The van der Waals surface area contributed by atoms with Crippen LogP contribution in [0.5, 0.6) is 0 Å². The Labute approximate surface area is 157 Å². The van der Waals surface area contributed by atoms with Crippen LogP contribution in [-0.4, -0.2) is 32.1 Å². The number of carbonyl (C=O) groups excluding carboxylic acids is 3. The highest BCUT2D eigenvalue weighted by molar-refractivity contribution is 6.05. The second-order valence-corrected chi connectivity index (χ2v) is 5.72. The molecule has 0 radical (unpaired) electrons. The molecule has 1 N–H and O–H groups in total. The predicted molar refractivity (Wildman–Crippen MR) is 102 cm³/mol. The minimum absolute atomic E-state index is 0.0443. The lowest BCUT2D eigenvalue weighted by molar-refractivity contribution is -0.139. The number of carbonyl (C=O) groups is 3. The van der Waals surface area contributed by atoms with E-state index in [1.807, 2.05) is 6.92 Å². The molecule has 0 saturated heterocycles. The minimum atomic E-state index is -0.672. The summed E-state index contributed by atoms with van der Waals surface area (Å²) in [6.45, 7) is 3.61. The number of amides is 1. The van der Waals surface area contributed by atoms with Crippen LogP contribution in [-0.2, 0) is 23.9 Å². The number of anilines is 2. The van der Waals surface area contributed by atoms with E-state index in [9.17, 15) is 14.4 Å². The fourth-order valence-corrected chi connectivity index (χ4v) is 2.60. The van der Waals surface area contributed by atoms with Crippen LogP contribution in [0.15, 0.2) is 53.9 Å². The third-order valence-corrected chi connectivity index (χ3v) is 3.95. The van der Waals surface area contributed by atoms with Gasteiger partial charge in [-0.05, 0) is 42.8 Å². The zero-order valence-corrected chi connectivity index (χ0v) is 15.7. The lowest BCUT2D eigenvalue weighted by atomic mass is 10.1. The summed E-state index contributed by atoms with van der Waals surface area (Å²) in [6.07, 6.45) is 6.87. The van der Waals surface area contributed by atoms with E-state index in [0.29, 0.717) is 17.8 Å². The smallest absolute Gasteiger partial charge is 0.355 e. The van der Waals surface area contributed by atoms with E-state index in [4.69, 9.17) is 9.47 Å². The second-order valence-electron chi connectivity index (χ2n) is 5.72.